The lowest BCUT2D eigenvalue weighted by atomic mass is 10.0. The summed E-state index contributed by atoms with van der Waals surface area (Å²) in [7, 11) is 3.29. The van der Waals surface area contributed by atoms with Crippen molar-refractivity contribution in [2.75, 3.05) is 14.2 Å². The van der Waals surface area contributed by atoms with Crippen molar-refractivity contribution in [1.82, 2.24) is 9.97 Å². The molecule has 0 aliphatic carbocycles. The summed E-state index contributed by atoms with van der Waals surface area (Å²) in [5, 5.41) is 0. The Morgan fingerprint density at radius 3 is 1.50 bits per heavy atom. The van der Waals surface area contributed by atoms with Crippen molar-refractivity contribution in [1.29, 1.82) is 0 Å². The predicted molar refractivity (Wildman–Crippen MR) is 79.1 cm³/mol. The second-order valence-electron chi connectivity index (χ2n) is 4.42. The third-order valence-electron chi connectivity index (χ3n) is 3.30. The molecule has 0 aliphatic rings. The standard InChI is InChI=1S/C16H16N2O2/c1-19-15-9-11(13-5-3-7-17-13)12(10-16(15)20-2)14-6-4-8-18-14/h3-10,17-18H,1-2H3. The first kappa shape index (κ1) is 12.4. The summed E-state index contributed by atoms with van der Waals surface area (Å²) in [5.74, 6) is 1.43. The molecule has 0 saturated carbocycles. The van der Waals surface area contributed by atoms with Crippen LogP contribution in [0.3, 0.4) is 0 Å². The Balaban J connectivity index is 2.25. The van der Waals surface area contributed by atoms with Gasteiger partial charge in [0.05, 0.1) is 14.2 Å². The van der Waals surface area contributed by atoms with E-state index in [0.717, 1.165) is 22.5 Å². The molecule has 4 heteroatoms. The fourth-order valence-corrected chi connectivity index (χ4v) is 2.32. The predicted octanol–water partition coefficient (Wildman–Crippen LogP) is 3.69. The van der Waals surface area contributed by atoms with Crippen molar-refractivity contribution in [3.63, 3.8) is 0 Å². The molecule has 0 aliphatic heterocycles. The van der Waals surface area contributed by atoms with Crippen LogP contribution in [0.5, 0.6) is 11.5 Å². The van der Waals surface area contributed by atoms with Gasteiger partial charge < -0.3 is 19.4 Å². The molecule has 0 saturated heterocycles. The summed E-state index contributed by atoms with van der Waals surface area (Å²) in [6.07, 6.45) is 3.81. The Morgan fingerprint density at radius 1 is 0.750 bits per heavy atom. The molecule has 4 nitrogen and oxygen atoms in total. The van der Waals surface area contributed by atoms with Gasteiger partial charge in [0.25, 0.3) is 0 Å². The van der Waals surface area contributed by atoms with Crippen molar-refractivity contribution in [3.05, 3.63) is 48.8 Å². The average molecular weight is 268 g/mol. The number of aromatic amines is 2. The number of benzene rings is 1. The maximum absolute atomic E-state index is 5.40. The number of aromatic nitrogens is 2. The second kappa shape index (κ2) is 5.17. The van der Waals surface area contributed by atoms with Gasteiger partial charge in [-0.15, -0.1) is 0 Å². The first-order valence-corrected chi connectivity index (χ1v) is 6.37. The summed E-state index contributed by atoms with van der Waals surface area (Å²) in [6.45, 7) is 0. The zero-order chi connectivity index (χ0) is 13.9. The molecule has 0 spiro atoms. The molecule has 0 unspecified atom stereocenters. The van der Waals surface area contributed by atoms with Crippen molar-refractivity contribution in [2.24, 2.45) is 0 Å². The number of hydrogen-bond acceptors (Lipinski definition) is 2. The van der Waals surface area contributed by atoms with Crippen LogP contribution in [0.1, 0.15) is 0 Å². The van der Waals surface area contributed by atoms with Gasteiger partial charge in [0.1, 0.15) is 0 Å². The van der Waals surface area contributed by atoms with Crippen LogP contribution in [0.25, 0.3) is 22.5 Å². The molecule has 2 heterocycles. The number of H-pyrrole nitrogens is 2. The number of ether oxygens (including phenoxy) is 2. The van der Waals surface area contributed by atoms with Gasteiger partial charge in [-0.2, -0.15) is 0 Å². The number of nitrogens with one attached hydrogen (secondary N) is 2. The summed E-state index contributed by atoms with van der Waals surface area (Å²) in [6, 6.07) is 12.0. The topological polar surface area (TPSA) is 50.0 Å². The van der Waals surface area contributed by atoms with Gasteiger partial charge >= 0.3 is 0 Å². The molecule has 3 rings (SSSR count). The first-order chi connectivity index (χ1) is 9.83. The third kappa shape index (κ3) is 2.05. The van der Waals surface area contributed by atoms with Gasteiger partial charge in [-0.05, 0) is 36.4 Å². The molecule has 0 amide bonds. The van der Waals surface area contributed by atoms with E-state index in [-0.39, 0.29) is 0 Å². The lowest BCUT2D eigenvalue weighted by molar-refractivity contribution is 0.355. The highest BCUT2D eigenvalue weighted by molar-refractivity contribution is 5.83. The molecule has 20 heavy (non-hydrogen) atoms. The molecule has 0 atom stereocenters. The first-order valence-electron chi connectivity index (χ1n) is 6.37. The van der Waals surface area contributed by atoms with E-state index >= 15 is 0 Å². The molecule has 3 aromatic rings. The molecular weight excluding hydrogens is 252 g/mol. The largest absolute Gasteiger partial charge is 0.493 e. The van der Waals surface area contributed by atoms with E-state index in [1.807, 2.05) is 48.8 Å². The highest BCUT2D eigenvalue weighted by atomic mass is 16.5. The van der Waals surface area contributed by atoms with E-state index in [9.17, 15) is 0 Å². The number of methoxy groups -OCH3 is 2. The summed E-state index contributed by atoms with van der Waals surface area (Å²) < 4.78 is 10.8. The zero-order valence-electron chi connectivity index (χ0n) is 11.4. The van der Waals surface area contributed by atoms with E-state index in [2.05, 4.69) is 9.97 Å². The molecule has 0 bridgehead atoms. The Hall–Kier alpha value is -2.62. The SMILES string of the molecule is COc1cc(-c2ccc[nH]2)c(-c2ccc[nH]2)cc1OC. The van der Waals surface area contributed by atoms with Gasteiger partial charge in [-0.25, -0.2) is 0 Å². The van der Waals surface area contributed by atoms with E-state index in [0.29, 0.717) is 11.5 Å². The smallest absolute Gasteiger partial charge is 0.161 e. The Bertz CT molecular complexity index is 624. The van der Waals surface area contributed by atoms with Crippen LogP contribution >= 0.6 is 0 Å². The fraction of sp³-hybridized carbons (Fsp3) is 0.125. The highest BCUT2D eigenvalue weighted by Crippen LogP contribution is 2.39. The van der Waals surface area contributed by atoms with Gasteiger partial charge in [-0.3, -0.25) is 0 Å². The third-order valence-corrected chi connectivity index (χ3v) is 3.30. The van der Waals surface area contributed by atoms with Crippen LogP contribution in [0, 0.1) is 0 Å². The number of hydrogen-bond donors (Lipinski definition) is 2. The summed E-state index contributed by atoms with van der Waals surface area (Å²) in [4.78, 5) is 6.47. The normalized spacial score (nSPS) is 10.5. The molecule has 1 aromatic carbocycles. The molecular formula is C16H16N2O2. The van der Waals surface area contributed by atoms with Gasteiger partial charge in [-0.1, -0.05) is 0 Å². The Kier molecular flexibility index (Phi) is 3.21. The maximum Gasteiger partial charge on any atom is 0.161 e. The molecule has 0 radical (unpaired) electrons. The van der Waals surface area contributed by atoms with Crippen LogP contribution in [0.4, 0.5) is 0 Å². The minimum absolute atomic E-state index is 0.715. The minimum Gasteiger partial charge on any atom is -0.493 e. The van der Waals surface area contributed by atoms with Crippen molar-refractivity contribution in [3.8, 4) is 34.0 Å². The van der Waals surface area contributed by atoms with E-state index in [1.165, 1.54) is 0 Å². The van der Waals surface area contributed by atoms with Crippen LogP contribution < -0.4 is 9.47 Å². The van der Waals surface area contributed by atoms with Crippen LogP contribution in [0.2, 0.25) is 0 Å². The van der Waals surface area contributed by atoms with Crippen LogP contribution in [0.15, 0.2) is 48.8 Å². The Labute approximate surface area is 117 Å². The number of rotatable bonds is 4. The average Bonchev–Trinajstić information content (AvgIpc) is 3.18. The molecule has 0 fully saturated rings. The lowest BCUT2D eigenvalue weighted by Crippen LogP contribution is -1.94. The van der Waals surface area contributed by atoms with E-state index in [4.69, 9.17) is 9.47 Å². The van der Waals surface area contributed by atoms with Crippen molar-refractivity contribution in [2.45, 2.75) is 0 Å². The monoisotopic (exact) mass is 268 g/mol. The quantitative estimate of drug-likeness (QED) is 0.758. The lowest BCUT2D eigenvalue weighted by Gasteiger charge is -2.13. The molecule has 102 valence electrons. The van der Waals surface area contributed by atoms with E-state index in [1.54, 1.807) is 14.2 Å². The maximum atomic E-state index is 5.40. The molecule has 2 aromatic heterocycles. The zero-order valence-corrected chi connectivity index (χ0v) is 11.4. The second-order valence-corrected chi connectivity index (χ2v) is 4.42. The Morgan fingerprint density at radius 2 is 1.20 bits per heavy atom. The van der Waals surface area contributed by atoms with Crippen molar-refractivity contribution >= 4 is 0 Å². The van der Waals surface area contributed by atoms with Crippen LogP contribution in [-0.4, -0.2) is 24.2 Å². The summed E-state index contributed by atoms with van der Waals surface area (Å²) >= 11 is 0. The minimum atomic E-state index is 0.715. The van der Waals surface area contributed by atoms with E-state index < -0.39 is 0 Å². The fourth-order valence-electron chi connectivity index (χ4n) is 2.32. The molecule has 2 N–H and O–H groups in total. The van der Waals surface area contributed by atoms with Gasteiger partial charge in [0.15, 0.2) is 11.5 Å². The highest BCUT2D eigenvalue weighted by Gasteiger charge is 2.15. The summed E-state index contributed by atoms with van der Waals surface area (Å²) in [5.41, 5.74) is 4.20. The van der Waals surface area contributed by atoms with Gasteiger partial charge in [0, 0.05) is 34.9 Å². The van der Waals surface area contributed by atoms with Crippen LogP contribution in [-0.2, 0) is 0 Å². The van der Waals surface area contributed by atoms with Crippen molar-refractivity contribution < 1.29 is 9.47 Å². The van der Waals surface area contributed by atoms with Gasteiger partial charge in [0.2, 0.25) is 0 Å².